The zero-order valence-corrected chi connectivity index (χ0v) is 10.4. The van der Waals surface area contributed by atoms with Crippen LogP contribution in [0.25, 0.3) is 0 Å². The van der Waals surface area contributed by atoms with Crippen LogP contribution in [0.2, 0.25) is 0 Å². The molecule has 0 amide bonds. The topological polar surface area (TPSA) is 69.6 Å². The normalized spacial score (nSPS) is 14.7. The Bertz CT molecular complexity index is 185. The van der Waals surface area contributed by atoms with Crippen LogP contribution >= 0.6 is 0 Å². The van der Waals surface area contributed by atoms with Gasteiger partial charge in [-0.25, -0.2) is 0 Å². The van der Waals surface area contributed by atoms with Crippen LogP contribution in [0.15, 0.2) is 0 Å². The van der Waals surface area contributed by atoms with E-state index in [9.17, 15) is 4.79 Å². The summed E-state index contributed by atoms with van der Waals surface area (Å²) in [4.78, 5) is 10.9. The maximum atomic E-state index is 10.9. The first-order valence-corrected chi connectivity index (χ1v) is 6.18. The second-order valence-corrected chi connectivity index (χ2v) is 4.42. The van der Waals surface area contributed by atoms with Crippen molar-refractivity contribution >= 4 is 5.97 Å². The van der Waals surface area contributed by atoms with Gasteiger partial charge in [0.2, 0.25) is 0 Å². The predicted molar refractivity (Wildman–Crippen MR) is 64.4 cm³/mol. The van der Waals surface area contributed by atoms with E-state index >= 15 is 0 Å². The van der Waals surface area contributed by atoms with Gasteiger partial charge in [-0.05, 0) is 31.7 Å². The first kappa shape index (κ1) is 15.4. The fourth-order valence-corrected chi connectivity index (χ4v) is 1.54. The molecule has 4 heteroatoms. The van der Waals surface area contributed by atoms with E-state index in [2.05, 4.69) is 12.2 Å². The Morgan fingerprint density at radius 1 is 1.31 bits per heavy atom. The van der Waals surface area contributed by atoms with Crippen molar-refractivity contribution in [1.29, 1.82) is 0 Å². The molecule has 3 N–H and O–H groups in total. The molecule has 16 heavy (non-hydrogen) atoms. The van der Waals surface area contributed by atoms with Gasteiger partial charge in [0.05, 0.1) is 0 Å². The van der Waals surface area contributed by atoms with E-state index < -0.39 is 12.0 Å². The van der Waals surface area contributed by atoms with E-state index in [-0.39, 0.29) is 6.61 Å². The van der Waals surface area contributed by atoms with Crippen molar-refractivity contribution in [3.8, 4) is 0 Å². The van der Waals surface area contributed by atoms with E-state index in [0.29, 0.717) is 18.9 Å². The Kier molecular flexibility index (Phi) is 9.24. The Balaban J connectivity index is 3.64. The highest BCUT2D eigenvalue weighted by Crippen LogP contribution is 2.04. The van der Waals surface area contributed by atoms with E-state index in [4.69, 9.17) is 10.2 Å². The third kappa shape index (κ3) is 7.65. The number of carboxylic acids is 1. The lowest BCUT2D eigenvalue weighted by Gasteiger charge is -2.14. The van der Waals surface area contributed by atoms with Gasteiger partial charge < -0.3 is 15.5 Å². The molecule has 0 spiro atoms. The van der Waals surface area contributed by atoms with Crippen molar-refractivity contribution in [2.24, 2.45) is 5.92 Å². The van der Waals surface area contributed by atoms with Crippen molar-refractivity contribution in [2.75, 3.05) is 13.2 Å². The Morgan fingerprint density at radius 2 is 2.00 bits per heavy atom. The molecule has 0 bridgehead atoms. The lowest BCUT2D eigenvalue weighted by molar-refractivity contribution is -0.139. The second-order valence-electron chi connectivity index (χ2n) is 4.42. The number of nitrogens with one attached hydrogen (secondary N) is 1. The van der Waals surface area contributed by atoms with Crippen LogP contribution in [0.5, 0.6) is 0 Å². The molecule has 0 aliphatic heterocycles. The molecule has 0 radical (unpaired) electrons. The van der Waals surface area contributed by atoms with Gasteiger partial charge in [0.15, 0.2) is 0 Å². The molecule has 0 fully saturated rings. The number of carboxylic acid groups (broad SMARTS) is 1. The largest absolute Gasteiger partial charge is 0.480 e. The first-order chi connectivity index (χ1) is 7.61. The molecule has 4 nitrogen and oxygen atoms in total. The summed E-state index contributed by atoms with van der Waals surface area (Å²) < 4.78 is 0. The number of rotatable bonds is 10. The van der Waals surface area contributed by atoms with Crippen LogP contribution in [0.1, 0.15) is 46.0 Å². The Labute approximate surface area is 98.1 Å². The molecular formula is C12H25NO3. The van der Waals surface area contributed by atoms with E-state index in [1.165, 1.54) is 0 Å². The van der Waals surface area contributed by atoms with E-state index in [1.54, 1.807) is 0 Å². The summed E-state index contributed by atoms with van der Waals surface area (Å²) in [6, 6.07) is -0.413. The second kappa shape index (κ2) is 9.60. The molecule has 0 aromatic carbocycles. The molecule has 0 aromatic rings. The first-order valence-electron chi connectivity index (χ1n) is 6.18. The summed E-state index contributed by atoms with van der Waals surface area (Å²) in [7, 11) is 0. The number of unbranched alkanes of at least 4 members (excludes halogenated alkanes) is 1. The summed E-state index contributed by atoms with van der Waals surface area (Å²) in [5.41, 5.74) is 0. The molecule has 0 aromatic heterocycles. The lowest BCUT2D eigenvalue weighted by atomic mass is 10.1. The highest BCUT2D eigenvalue weighted by molar-refractivity contribution is 5.73. The number of hydrogen-bond donors (Lipinski definition) is 3. The molecule has 0 saturated heterocycles. The van der Waals surface area contributed by atoms with Gasteiger partial charge in [0, 0.05) is 6.61 Å². The summed E-state index contributed by atoms with van der Waals surface area (Å²) in [5.74, 6) is -0.454. The maximum absolute atomic E-state index is 10.9. The van der Waals surface area contributed by atoms with Crippen LogP contribution in [0, 0.1) is 5.92 Å². The summed E-state index contributed by atoms with van der Waals surface area (Å²) in [6.07, 6.45) is 4.51. The van der Waals surface area contributed by atoms with Crippen LogP contribution < -0.4 is 5.32 Å². The van der Waals surface area contributed by atoms with Gasteiger partial charge in [0.1, 0.15) is 6.04 Å². The minimum absolute atomic E-state index is 0.207. The minimum atomic E-state index is -0.761. The molecular weight excluding hydrogens is 206 g/mol. The highest BCUT2D eigenvalue weighted by atomic mass is 16.4. The number of aliphatic carboxylic acids is 1. The van der Waals surface area contributed by atoms with Crippen LogP contribution in [0.4, 0.5) is 0 Å². The summed E-state index contributed by atoms with van der Waals surface area (Å²) >= 11 is 0. The summed E-state index contributed by atoms with van der Waals surface area (Å²) in [5, 5.41) is 20.8. The molecule has 2 unspecified atom stereocenters. The predicted octanol–water partition coefficient (Wildman–Crippen LogP) is 1.63. The fraction of sp³-hybridized carbons (Fsp3) is 0.917. The zero-order chi connectivity index (χ0) is 12.4. The van der Waals surface area contributed by atoms with Gasteiger partial charge in [0.25, 0.3) is 0 Å². The molecule has 0 aliphatic rings. The molecule has 0 rings (SSSR count). The summed E-state index contributed by atoms with van der Waals surface area (Å²) in [6.45, 7) is 4.97. The van der Waals surface area contributed by atoms with Crippen molar-refractivity contribution in [3.05, 3.63) is 0 Å². The third-order valence-electron chi connectivity index (χ3n) is 2.72. The van der Waals surface area contributed by atoms with Gasteiger partial charge in [-0.2, -0.15) is 0 Å². The number of aliphatic hydroxyl groups excluding tert-OH is 1. The monoisotopic (exact) mass is 231 g/mol. The Morgan fingerprint density at radius 3 is 2.50 bits per heavy atom. The zero-order valence-electron chi connectivity index (χ0n) is 10.4. The number of hydrogen-bond acceptors (Lipinski definition) is 3. The van der Waals surface area contributed by atoms with Crippen LogP contribution in [0.3, 0.4) is 0 Å². The molecule has 96 valence electrons. The molecule has 2 atom stereocenters. The Hall–Kier alpha value is -0.610. The average Bonchev–Trinajstić information content (AvgIpc) is 2.27. The molecule has 0 heterocycles. The van der Waals surface area contributed by atoms with Crippen molar-refractivity contribution in [3.63, 3.8) is 0 Å². The van der Waals surface area contributed by atoms with Gasteiger partial charge in [-0.3, -0.25) is 4.79 Å². The average molecular weight is 231 g/mol. The number of carbonyl (C=O) groups is 1. The van der Waals surface area contributed by atoms with E-state index in [1.807, 2.05) is 6.92 Å². The highest BCUT2D eigenvalue weighted by Gasteiger charge is 2.15. The van der Waals surface area contributed by atoms with Gasteiger partial charge >= 0.3 is 5.97 Å². The smallest absolute Gasteiger partial charge is 0.320 e. The standard InChI is InChI=1S/C12H25NO3/c1-3-4-7-11(12(15)16)13-8-5-6-10(2)9-14/h10-11,13-14H,3-9H2,1-2H3,(H,15,16). The van der Waals surface area contributed by atoms with Crippen molar-refractivity contribution < 1.29 is 15.0 Å². The van der Waals surface area contributed by atoms with Crippen molar-refractivity contribution in [1.82, 2.24) is 5.32 Å². The fourth-order valence-electron chi connectivity index (χ4n) is 1.54. The minimum Gasteiger partial charge on any atom is -0.480 e. The van der Waals surface area contributed by atoms with Crippen LogP contribution in [-0.4, -0.2) is 35.4 Å². The SMILES string of the molecule is CCCCC(NCCCC(C)CO)C(=O)O. The molecule has 0 aliphatic carbocycles. The molecule has 0 saturated carbocycles. The number of aliphatic hydroxyl groups is 1. The maximum Gasteiger partial charge on any atom is 0.320 e. The van der Waals surface area contributed by atoms with Gasteiger partial charge in [-0.15, -0.1) is 0 Å². The third-order valence-corrected chi connectivity index (χ3v) is 2.72. The van der Waals surface area contributed by atoms with Crippen molar-refractivity contribution in [2.45, 2.75) is 52.0 Å². The van der Waals surface area contributed by atoms with Crippen LogP contribution in [-0.2, 0) is 4.79 Å². The van der Waals surface area contributed by atoms with Gasteiger partial charge in [-0.1, -0.05) is 26.7 Å². The quantitative estimate of drug-likeness (QED) is 0.500. The lowest BCUT2D eigenvalue weighted by Crippen LogP contribution is -2.37. The van der Waals surface area contributed by atoms with E-state index in [0.717, 1.165) is 25.7 Å².